The van der Waals surface area contributed by atoms with Gasteiger partial charge in [-0.05, 0) is 13.8 Å². The van der Waals surface area contributed by atoms with E-state index in [1.165, 1.54) is 0 Å². The normalized spacial score (nSPS) is 14.8. The predicted molar refractivity (Wildman–Crippen MR) is 101 cm³/mol. The Labute approximate surface area is 151 Å². The summed E-state index contributed by atoms with van der Waals surface area (Å²) >= 11 is 1.65. The molecule has 1 aromatic carbocycles. The first kappa shape index (κ1) is 16.0. The molecule has 0 atom stereocenters. The topological polar surface area (TPSA) is 58.0 Å². The lowest BCUT2D eigenvalue weighted by Crippen LogP contribution is -2.46. The first-order valence-corrected chi connectivity index (χ1v) is 9.22. The summed E-state index contributed by atoms with van der Waals surface area (Å²) in [6.07, 6.45) is 0. The summed E-state index contributed by atoms with van der Waals surface area (Å²) in [5, 5.41) is 10.4. The highest BCUT2D eigenvalue weighted by atomic mass is 32.1. The molecule has 3 aromatic rings. The SMILES string of the molecule is Cc1nc(-c2ccccc2)cc(N2CCN(c3nnc(C)s3)CC2)n1. The average Bonchev–Trinajstić information content (AvgIpc) is 3.08. The molecule has 25 heavy (non-hydrogen) atoms. The van der Waals surface area contributed by atoms with Crippen LogP contribution in [0.1, 0.15) is 10.8 Å². The number of hydrogen-bond donors (Lipinski definition) is 0. The van der Waals surface area contributed by atoms with Crippen LogP contribution in [0.5, 0.6) is 0 Å². The molecule has 3 heterocycles. The first-order valence-electron chi connectivity index (χ1n) is 8.40. The molecule has 0 aliphatic carbocycles. The van der Waals surface area contributed by atoms with Crippen molar-refractivity contribution in [2.24, 2.45) is 0 Å². The average molecular weight is 352 g/mol. The van der Waals surface area contributed by atoms with Crippen LogP contribution in [0.4, 0.5) is 10.9 Å². The predicted octanol–water partition coefficient (Wildman–Crippen LogP) is 2.94. The van der Waals surface area contributed by atoms with E-state index >= 15 is 0 Å². The third-order valence-corrected chi connectivity index (χ3v) is 5.18. The van der Waals surface area contributed by atoms with Crippen LogP contribution in [-0.2, 0) is 0 Å². The lowest BCUT2D eigenvalue weighted by Gasteiger charge is -2.35. The molecule has 2 aromatic heterocycles. The van der Waals surface area contributed by atoms with E-state index in [-0.39, 0.29) is 0 Å². The van der Waals surface area contributed by atoms with Gasteiger partial charge in [-0.1, -0.05) is 41.7 Å². The van der Waals surface area contributed by atoms with Crippen LogP contribution in [0.3, 0.4) is 0 Å². The van der Waals surface area contributed by atoms with Crippen LogP contribution in [0.25, 0.3) is 11.3 Å². The van der Waals surface area contributed by atoms with E-state index in [9.17, 15) is 0 Å². The van der Waals surface area contributed by atoms with Crippen molar-refractivity contribution in [1.82, 2.24) is 20.2 Å². The lowest BCUT2D eigenvalue weighted by molar-refractivity contribution is 0.642. The van der Waals surface area contributed by atoms with Gasteiger partial charge < -0.3 is 9.80 Å². The van der Waals surface area contributed by atoms with Crippen molar-refractivity contribution in [3.8, 4) is 11.3 Å². The van der Waals surface area contributed by atoms with Gasteiger partial charge in [-0.2, -0.15) is 0 Å². The molecular formula is C18H20N6S. The van der Waals surface area contributed by atoms with Crippen LogP contribution < -0.4 is 9.80 Å². The van der Waals surface area contributed by atoms with Crippen molar-refractivity contribution in [1.29, 1.82) is 0 Å². The highest BCUT2D eigenvalue weighted by molar-refractivity contribution is 7.15. The first-order chi connectivity index (χ1) is 12.2. The minimum absolute atomic E-state index is 0.804. The van der Waals surface area contributed by atoms with Gasteiger partial charge in [0.25, 0.3) is 0 Å². The molecule has 7 heteroatoms. The van der Waals surface area contributed by atoms with Crippen LogP contribution in [-0.4, -0.2) is 46.3 Å². The van der Waals surface area contributed by atoms with E-state index in [2.05, 4.69) is 48.2 Å². The Morgan fingerprint density at radius 2 is 1.60 bits per heavy atom. The molecule has 0 spiro atoms. The quantitative estimate of drug-likeness (QED) is 0.722. The summed E-state index contributed by atoms with van der Waals surface area (Å²) in [4.78, 5) is 13.9. The second kappa shape index (κ2) is 6.76. The lowest BCUT2D eigenvalue weighted by atomic mass is 10.1. The molecule has 0 unspecified atom stereocenters. The molecule has 128 valence electrons. The summed E-state index contributed by atoms with van der Waals surface area (Å²) in [5.74, 6) is 1.80. The third kappa shape index (κ3) is 3.46. The van der Waals surface area contributed by atoms with E-state index in [0.717, 1.165) is 59.2 Å². The number of piperazine rings is 1. The minimum atomic E-state index is 0.804. The molecule has 1 aliphatic rings. The second-order valence-electron chi connectivity index (χ2n) is 6.10. The zero-order chi connectivity index (χ0) is 17.2. The second-order valence-corrected chi connectivity index (χ2v) is 7.26. The molecule has 0 amide bonds. The molecule has 0 bridgehead atoms. The van der Waals surface area contributed by atoms with Gasteiger partial charge in [-0.25, -0.2) is 9.97 Å². The van der Waals surface area contributed by atoms with E-state index in [1.807, 2.05) is 32.0 Å². The molecule has 1 fully saturated rings. The summed E-state index contributed by atoms with van der Waals surface area (Å²) in [6, 6.07) is 12.4. The van der Waals surface area contributed by atoms with E-state index < -0.39 is 0 Å². The number of nitrogens with zero attached hydrogens (tertiary/aromatic N) is 6. The Balaban J connectivity index is 1.52. The number of aromatic nitrogens is 4. The maximum Gasteiger partial charge on any atom is 0.208 e. The molecule has 0 saturated carbocycles. The van der Waals surface area contributed by atoms with Gasteiger partial charge in [-0.3, -0.25) is 0 Å². The fraction of sp³-hybridized carbons (Fsp3) is 0.333. The summed E-state index contributed by atoms with van der Waals surface area (Å²) in [5.41, 5.74) is 2.10. The minimum Gasteiger partial charge on any atom is -0.353 e. The molecule has 0 N–H and O–H groups in total. The van der Waals surface area contributed by atoms with Crippen molar-refractivity contribution in [3.63, 3.8) is 0 Å². The molecular weight excluding hydrogens is 332 g/mol. The van der Waals surface area contributed by atoms with Crippen molar-refractivity contribution >= 4 is 22.3 Å². The van der Waals surface area contributed by atoms with Crippen molar-refractivity contribution < 1.29 is 0 Å². The maximum atomic E-state index is 4.66. The zero-order valence-corrected chi connectivity index (χ0v) is 15.2. The van der Waals surface area contributed by atoms with Gasteiger partial charge in [-0.15, -0.1) is 10.2 Å². The Hall–Kier alpha value is -2.54. The summed E-state index contributed by atoms with van der Waals surface area (Å²) in [6.45, 7) is 7.64. The molecule has 1 saturated heterocycles. The summed E-state index contributed by atoms with van der Waals surface area (Å²) < 4.78 is 0. The molecule has 4 rings (SSSR count). The van der Waals surface area contributed by atoms with Crippen LogP contribution in [0.2, 0.25) is 0 Å². The highest BCUT2D eigenvalue weighted by Gasteiger charge is 2.21. The van der Waals surface area contributed by atoms with Crippen molar-refractivity contribution in [3.05, 3.63) is 47.2 Å². The smallest absolute Gasteiger partial charge is 0.208 e. The largest absolute Gasteiger partial charge is 0.353 e. The monoisotopic (exact) mass is 352 g/mol. The van der Waals surface area contributed by atoms with E-state index in [1.54, 1.807) is 11.3 Å². The highest BCUT2D eigenvalue weighted by Crippen LogP contribution is 2.25. The number of anilines is 2. The number of hydrogen-bond acceptors (Lipinski definition) is 7. The maximum absolute atomic E-state index is 4.66. The van der Waals surface area contributed by atoms with Crippen molar-refractivity contribution in [2.45, 2.75) is 13.8 Å². The van der Waals surface area contributed by atoms with E-state index in [0.29, 0.717) is 0 Å². The Morgan fingerprint density at radius 3 is 2.28 bits per heavy atom. The standard InChI is InChI=1S/C18H20N6S/c1-13-19-16(15-6-4-3-5-7-15)12-17(20-13)23-8-10-24(11-9-23)18-22-21-14(2)25-18/h3-7,12H,8-11H2,1-2H3. The Morgan fingerprint density at radius 1 is 0.880 bits per heavy atom. The molecule has 6 nitrogen and oxygen atoms in total. The van der Waals surface area contributed by atoms with Crippen LogP contribution in [0, 0.1) is 13.8 Å². The van der Waals surface area contributed by atoms with Crippen LogP contribution >= 0.6 is 11.3 Å². The van der Waals surface area contributed by atoms with Gasteiger partial charge in [0.1, 0.15) is 16.6 Å². The van der Waals surface area contributed by atoms with Crippen LogP contribution in [0.15, 0.2) is 36.4 Å². The fourth-order valence-corrected chi connectivity index (χ4v) is 3.75. The Kier molecular flexibility index (Phi) is 4.31. The van der Waals surface area contributed by atoms with Crippen molar-refractivity contribution in [2.75, 3.05) is 36.0 Å². The van der Waals surface area contributed by atoms with Gasteiger partial charge in [0.2, 0.25) is 5.13 Å². The summed E-state index contributed by atoms with van der Waals surface area (Å²) in [7, 11) is 0. The van der Waals surface area contributed by atoms with Gasteiger partial charge in [0, 0.05) is 37.8 Å². The molecule has 1 aliphatic heterocycles. The van der Waals surface area contributed by atoms with Gasteiger partial charge >= 0.3 is 0 Å². The number of aryl methyl sites for hydroxylation is 2. The van der Waals surface area contributed by atoms with Gasteiger partial charge in [0.15, 0.2) is 0 Å². The Bertz CT molecular complexity index is 855. The fourth-order valence-electron chi connectivity index (χ4n) is 3.01. The van der Waals surface area contributed by atoms with Gasteiger partial charge in [0.05, 0.1) is 5.69 Å². The third-order valence-electron chi connectivity index (χ3n) is 4.28. The zero-order valence-electron chi connectivity index (χ0n) is 14.4. The molecule has 0 radical (unpaired) electrons. The van der Waals surface area contributed by atoms with E-state index in [4.69, 9.17) is 0 Å². The number of rotatable bonds is 3. The number of benzene rings is 1.